The molecule has 0 aliphatic rings. The Labute approximate surface area is 169 Å². The second-order valence-electron chi connectivity index (χ2n) is 5.98. The minimum absolute atomic E-state index is 0. The quantitative estimate of drug-likeness (QED) is 0.302. The molecule has 2 aromatic heterocycles. The summed E-state index contributed by atoms with van der Waals surface area (Å²) in [6.45, 7) is 2.06. The highest BCUT2D eigenvalue weighted by atomic mass is 79.9. The maximum absolute atomic E-state index is 2.28. The molecular weight excluding hydrogens is 440 g/mol. The normalized spacial score (nSPS) is 10.2. The minimum atomic E-state index is 0. The number of pyridine rings is 2. The molecule has 0 aliphatic carbocycles. The number of aryl methyl sites for hydroxylation is 2. The van der Waals surface area contributed by atoms with Gasteiger partial charge in [-0.3, -0.25) is 0 Å². The average Bonchev–Trinajstić information content (AvgIpc) is 2.61. The van der Waals surface area contributed by atoms with E-state index < -0.39 is 0 Å². The summed E-state index contributed by atoms with van der Waals surface area (Å²) in [5, 5.41) is 5.20. The van der Waals surface area contributed by atoms with Gasteiger partial charge in [0.25, 0.3) is 0 Å². The minimum Gasteiger partial charge on any atom is -1.00 e. The number of fused-ring (bicyclic) bond motifs is 2. The van der Waals surface area contributed by atoms with Crippen molar-refractivity contribution in [3.05, 3.63) is 85.5 Å². The van der Waals surface area contributed by atoms with Crippen LogP contribution in [-0.2, 0) is 13.1 Å². The van der Waals surface area contributed by atoms with E-state index in [1.165, 1.54) is 21.5 Å². The third-order valence-electron chi connectivity index (χ3n) is 4.33. The fraction of sp³-hybridized carbons (Fsp3) is 0.143. The van der Waals surface area contributed by atoms with Gasteiger partial charge >= 0.3 is 0 Å². The molecule has 0 unspecified atom stereocenters. The molecule has 0 aliphatic heterocycles. The van der Waals surface area contributed by atoms with Crippen molar-refractivity contribution in [2.24, 2.45) is 0 Å². The van der Waals surface area contributed by atoms with Gasteiger partial charge in [-0.25, -0.2) is 9.13 Å². The van der Waals surface area contributed by atoms with Gasteiger partial charge in [-0.2, -0.15) is 0 Å². The van der Waals surface area contributed by atoms with Crippen LogP contribution in [0.15, 0.2) is 85.5 Å². The number of halogens is 2. The Hall–Kier alpha value is -1.78. The molecule has 0 fully saturated rings. The molecule has 4 rings (SSSR count). The molecule has 0 saturated carbocycles. The summed E-state index contributed by atoms with van der Waals surface area (Å²) in [5.41, 5.74) is 0. The molecule has 2 nitrogen and oxygen atoms in total. The van der Waals surface area contributed by atoms with Crippen LogP contribution in [0.2, 0.25) is 0 Å². The predicted molar refractivity (Wildman–Crippen MR) is 92.9 cm³/mol. The van der Waals surface area contributed by atoms with Crippen LogP contribution in [0.3, 0.4) is 0 Å². The molecule has 0 spiro atoms. The van der Waals surface area contributed by atoms with Gasteiger partial charge in [0.15, 0.2) is 37.9 Å². The van der Waals surface area contributed by atoms with Crippen LogP contribution in [0.1, 0.15) is 6.42 Å². The van der Waals surface area contributed by atoms with Crippen molar-refractivity contribution < 1.29 is 43.1 Å². The molecule has 0 N–H and O–H groups in total. The molecule has 2 aromatic carbocycles. The van der Waals surface area contributed by atoms with Crippen molar-refractivity contribution >= 4 is 21.5 Å². The molecular formula is C21H20Br2N2. The van der Waals surface area contributed by atoms with Crippen molar-refractivity contribution in [1.82, 2.24) is 0 Å². The number of hydrogen-bond donors (Lipinski definition) is 0. The number of nitrogens with zero attached hydrogens (tertiary/aromatic N) is 2. The van der Waals surface area contributed by atoms with Crippen LogP contribution in [-0.4, -0.2) is 0 Å². The van der Waals surface area contributed by atoms with E-state index >= 15 is 0 Å². The van der Waals surface area contributed by atoms with Crippen LogP contribution in [0.25, 0.3) is 21.5 Å². The SMILES string of the molecule is [Br-].[Br-].c1ccc2c[n+](CCC[n+]3ccc4ccccc4c3)ccc2c1. The molecule has 2 heterocycles. The van der Waals surface area contributed by atoms with Gasteiger partial charge in [0.1, 0.15) is 0 Å². The van der Waals surface area contributed by atoms with Crippen molar-refractivity contribution in [1.29, 1.82) is 0 Å². The molecule has 0 saturated heterocycles. The number of rotatable bonds is 4. The van der Waals surface area contributed by atoms with Crippen molar-refractivity contribution in [2.75, 3.05) is 0 Å². The molecule has 25 heavy (non-hydrogen) atoms. The maximum Gasteiger partial charge on any atom is 0.176 e. The Balaban J connectivity index is 0.00000113. The number of aromatic nitrogens is 2. The van der Waals surface area contributed by atoms with Crippen molar-refractivity contribution in [3.63, 3.8) is 0 Å². The first-order chi connectivity index (χ1) is 11.4. The van der Waals surface area contributed by atoms with Gasteiger partial charge in [0, 0.05) is 22.9 Å². The molecule has 0 bridgehead atoms. The molecule has 0 atom stereocenters. The Morgan fingerprint density at radius 1 is 0.520 bits per heavy atom. The molecule has 4 heteroatoms. The lowest BCUT2D eigenvalue weighted by Crippen LogP contribution is -3.00. The second-order valence-corrected chi connectivity index (χ2v) is 5.98. The summed E-state index contributed by atoms with van der Waals surface area (Å²) in [6, 6.07) is 21.4. The van der Waals surface area contributed by atoms with Crippen LogP contribution in [0.4, 0.5) is 0 Å². The Morgan fingerprint density at radius 2 is 0.920 bits per heavy atom. The summed E-state index contributed by atoms with van der Waals surface area (Å²) in [5.74, 6) is 0. The van der Waals surface area contributed by atoms with Gasteiger partial charge in [0.05, 0.1) is 6.42 Å². The van der Waals surface area contributed by atoms with Crippen molar-refractivity contribution in [3.8, 4) is 0 Å². The predicted octanol–water partition coefficient (Wildman–Crippen LogP) is -2.33. The molecule has 4 aromatic rings. The van der Waals surface area contributed by atoms with Crippen LogP contribution in [0.5, 0.6) is 0 Å². The third kappa shape index (κ3) is 4.65. The summed E-state index contributed by atoms with van der Waals surface area (Å²) in [6.07, 6.45) is 9.94. The van der Waals surface area contributed by atoms with E-state index in [4.69, 9.17) is 0 Å². The topological polar surface area (TPSA) is 7.76 Å². The van der Waals surface area contributed by atoms with E-state index in [2.05, 4.69) is 94.6 Å². The van der Waals surface area contributed by atoms with Crippen molar-refractivity contribution in [2.45, 2.75) is 19.5 Å². The third-order valence-corrected chi connectivity index (χ3v) is 4.33. The lowest BCUT2D eigenvalue weighted by Gasteiger charge is -2.00. The molecule has 0 radical (unpaired) electrons. The highest BCUT2D eigenvalue weighted by molar-refractivity contribution is 5.80. The van der Waals surface area contributed by atoms with Gasteiger partial charge in [-0.05, 0) is 22.9 Å². The largest absolute Gasteiger partial charge is 1.00 e. The molecule has 0 amide bonds. The lowest BCUT2D eigenvalue weighted by atomic mass is 10.2. The fourth-order valence-corrected chi connectivity index (χ4v) is 3.07. The zero-order valence-corrected chi connectivity index (χ0v) is 17.0. The van der Waals surface area contributed by atoms with Crippen LogP contribution >= 0.6 is 0 Å². The van der Waals surface area contributed by atoms with E-state index in [1.807, 2.05) is 0 Å². The number of benzene rings is 2. The lowest BCUT2D eigenvalue weighted by molar-refractivity contribution is -0.725. The summed E-state index contributed by atoms with van der Waals surface area (Å²) in [4.78, 5) is 0. The van der Waals surface area contributed by atoms with E-state index in [0.29, 0.717) is 0 Å². The van der Waals surface area contributed by atoms with E-state index in [1.54, 1.807) is 0 Å². The summed E-state index contributed by atoms with van der Waals surface area (Å²) in [7, 11) is 0. The highest BCUT2D eigenvalue weighted by Crippen LogP contribution is 2.10. The molecule has 128 valence electrons. The van der Waals surface area contributed by atoms with Gasteiger partial charge in [-0.1, -0.05) is 36.4 Å². The first kappa shape index (κ1) is 19.5. The van der Waals surface area contributed by atoms with Gasteiger partial charge < -0.3 is 34.0 Å². The summed E-state index contributed by atoms with van der Waals surface area (Å²) < 4.78 is 4.56. The average molecular weight is 460 g/mol. The first-order valence-corrected chi connectivity index (χ1v) is 8.14. The van der Waals surface area contributed by atoms with Gasteiger partial charge in [0.2, 0.25) is 0 Å². The standard InChI is InChI=1S/C21H20N2.2BrH/c1-3-8-20-16-22(14-10-18(20)6-1)12-5-13-23-15-11-19-7-2-4-9-21(19)17-23;;/h1-4,6-11,14-17H,5,12-13H2;2*1H/q+2;;/p-2. The smallest absolute Gasteiger partial charge is 0.176 e. The Morgan fingerprint density at radius 3 is 1.36 bits per heavy atom. The Bertz CT molecular complexity index is 890. The van der Waals surface area contributed by atoms with Gasteiger partial charge in [-0.15, -0.1) is 0 Å². The zero-order valence-electron chi connectivity index (χ0n) is 13.9. The monoisotopic (exact) mass is 458 g/mol. The maximum atomic E-state index is 2.28. The van der Waals surface area contributed by atoms with E-state index in [-0.39, 0.29) is 34.0 Å². The first-order valence-electron chi connectivity index (χ1n) is 8.14. The summed E-state index contributed by atoms with van der Waals surface area (Å²) >= 11 is 0. The zero-order chi connectivity index (χ0) is 15.5. The fourth-order valence-electron chi connectivity index (χ4n) is 3.07. The van der Waals surface area contributed by atoms with E-state index in [9.17, 15) is 0 Å². The van der Waals surface area contributed by atoms with E-state index in [0.717, 1.165) is 19.5 Å². The Kier molecular flexibility index (Phi) is 7.09. The second kappa shape index (κ2) is 9.07. The number of hydrogen-bond acceptors (Lipinski definition) is 0. The van der Waals surface area contributed by atoms with Crippen LogP contribution in [0, 0.1) is 0 Å². The highest BCUT2D eigenvalue weighted by Gasteiger charge is 2.06. The van der Waals surface area contributed by atoms with Crippen LogP contribution < -0.4 is 43.1 Å².